The number of alkyl halides is 3. The number of carbonyl (C=O) groups is 1. The van der Waals surface area contributed by atoms with Gasteiger partial charge < -0.3 is 5.32 Å². The van der Waals surface area contributed by atoms with Gasteiger partial charge in [0, 0.05) is 10.7 Å². The monoisotopic (exact) mass is 520 g/mol. The first-order chi connectivity index (χ1) is 15.5. The molecule has 0 unspecified atom stereocenters. The molecule has 0 saturated heterocycles. The van der Waals surface area contributed by atoms with Crippen LogP contribution >= 0.6 is 34.8 Å². The van der Waals surface area contributed by atoms with E-state index in [-0.39, 0.29) is 16.3 Å². The van der Waals surface area contributed by atoms with E-state index < -0.39 is 44.9 Å². The molecule has 172 valence electrons. The van der Waals surface area contributed by atoms with Crippen LogP contribution in [0.1, 0.15) is 15.9 Å². The van der Waals surface area contributed by atoms with Gasteiger partial charge in [-0.15, -0.1) is 0 Å². The maximum atomic E-state index is 13.1. The summed E-state index contributed by atoms with van der Waals surface area (Å²) in [6, 6.07) is 6.91. The standard InChI is InChI=1S/C18H10Cl3F3N6O3/c19-8-1-3-10(13(21)5-8)17(31)29-28-16-14(30(32)33)15(25-7-26-16)27-9-2-4-12(20)11(6-9)18(22,23)24/h1-7H,(H,29,31)(H2,25,26,27,28). The highest BCUT2D eigenvalue weighted by Crippen LogP contribution is 2.38. The molecule has 0 aliphatic heterocycles. The third-order valence-electron chi connectivity index (χ3n) is 4.01. The maximum absolute atomic E-state index is 13.1. The Labute approximate surface area is 198 Å². The van der Waals surface area contributed by atoms with Gasteiger partial charge in [0.2, 0.25) is 11.6 Å². The van der Waals surface area contributed by atoms with Gasteiger partial charge >= 0.3 is 11.9 Å². The molecule has 0 atom stereocenters. The zero-order chi connectivity index (χ0) is 24.3. The summed E-state index contributed by atoms with van der Waals surface area (Å²) in [6.07, 6.45) is -3.84. The average molecular weight is 522 g/mol. The van der Waals surface area contributed by atoms with Gasteiger partial charge in [0.05, 0.1) is 26.1 Å². The predicted molar refractivity (Wildman–Crippen MR) is 116 cm³/mol. The fourth-order valence-corrected chi connectivity index (χ4v) is 3.27. The molecular weight excluding hydrogens is 512 g/mol. The first kappa shape index (κ1) is 24.3. The molecule has 2 aromatic carbocycles. The van der Waals surface area contributed by atoms with Crippen molar-refractivity contribution >= 4 is 63.7 Å². The van der Waals surface area contributed by atoms with Crippen molar-refractivity contribution in [3.63, 3.8) is 0 Å². The van der Waals surface area contributed by atoms with Crippen LogP contribution in [0.2, 0.25) is 15.1 Å². The number of hydrogen-bond acceptors (Lipinski definition) is 7. The fourth-order valence-electron chi connectivity index (χ4n) is 2.55. The molecule has 0 radical (unpaired) electrons. The second kappa shape index (κ2) is 9.65. The van der Waals surface area contributed by atoms with Crippen molar-refractivity contribution in [3.8, 4) is 0 Å². The first-order valence-corrected chi connectivity index (χ1v) is 9.75. The van der Waals surface area contributed by atoms with E-state index in [0.29, 0.717) is 11.1 Å². The van der Waals surface area contributed by atoms with Gasteiger partial charge in [0.15, 0.2) is 0 Å². The third-order valence-corrected chi connectivity index (χ3v) is 4.89. The normalized spacial score (nSPS) is 11.1. The number of nitrogens with zero attached hydrogens (tertiary/aromatic N) is 3. The van der Waals surface area contributed by atoms with Crippen LogP contribution in [0.25, 0.3) is 0 Å². The maximum Gasteiger partial charge on any atom is 0.417 e. The minimum absolute atomic E-state index is 0.0180. The fraction of sp³-hybridized carbons (Fsp3) is 0.0556. The lowest BCUT2D eigenvalue weighted by atomic mass is 10.2. The van der Waals surface area contributed by atoms with E-state index >= 15 is 0 Å². The van der Waals surface area contributed by atoms with Crippen LogP contribution in [-0.4, -0.2) is 20.8 Å². The third kappa shape index (κ3) is 5.72. The molecule has 0 bridgehead atoms. The lowest BCUT2D eigenvalue weighted by Crippen LogP contribution is -2.30. The summed E-state index contributed by atoms with van der Waals surface area (Å²) in [7, 11) is 0. The van der Waals surface area contributed by atoms with Gasteiger partial charge in [-0.3, -0.25) is 25.8 Å². The van der Waals surface area contributed by atoms with Gasteiger partial charge in [-0.2, -0.15) is 13.2 Å². The van der Waals surface area contributed by atoms with Crippen molar-refractivity contribution in [2.24, 2.45) is 0 Å². The Kier molecular flexibility index (Phi) is 7.10. The number of halogens is 6. The second-order valence-electron chi connectivity index (χ2n) is 6.20. The van der Waals surface area contributed by atoms with E-state index in [0.717, 1.165) is 12.4 Å². The van der Waals surface area contributed by atoms with Gasteiger partial charge in [-0.1, -0.05) is 34.8 Å². The van der Waals surface area contributed by atoms with Gasteiger partial charge in [0.25, 0.3) is 5.91 Å². The number of aromatic nitrogens is 2. The topological polar surface area (TPSA) is 122 Å². The van der Waals surface area contributed by atoms with Crippen LogP contribution in [0.15, 0.2) is 42.7 Å². The lowest BCUT2D eigenvalue weighted by molar-refractivity contribution is -0.383. The Hall–Kier alpha value is -3.35. The van der Waals surface area contributed by atoms with Crippen LogP contribution in [-0.2, 0) is 6.18 Å². The van der Waals surface area contributed by atoms with Crippen molar-refractivity contribution in [2.45, 2.75) is 6.18 Å². The quantitative estimate of drug-likeness (QED) is 0.274. The number of amides is 1. The van der Waals surface area contributed by atoms with Gasteiger partial charge in [-0.25, -0.2) is 9.97 Å². The molecule has 3 N–H and O–H groups in total. The van der Waals surface area contributed by atoms with Crippen LogP contribution in [0.3, 0.4) is 0 Å². The first-order valence-electron chi connectivity index (χ1n) is 8.62. The molecule has 0 aliphatic rings. The number of hydrogen-bond donors (Lipinski definition) is 3. The number of anilines is 3. The molecule has 1 aromatic heterocycles. The van der Waals surface area contributed by atoms with E-state index in [1.54, 1.807) is 0 Å². The summed E-state index contributed by atoms with van der Waals surface area (Å²) in [5.74, 6) is -1.64. The molecule has 0 saturated carbocycles. The van der Waals surface area contributed by atoms with Crippen LogP contribution < -0.4 is 16.2 Å². The Morgan fingerprint density at radius 1 is 1.00 bits per heavy atom. The molecule has 0 fully saturated rings. The summed E-state index contributed by atoms with van der Waals surface area (Å²) >= 11 is 17.3. The highest BCUT2D eigenvalue weighted by atomic mass is 35.5. The number of hydrazine groups is 1. The Bertz CT molecular complexity index is 1240. The summed E-state index contributed by atoms with van der Waals surface area (Å²) < 4.78 is 39.3. The minimum atomic E-state index is -4.74. The Morgan fingerprint density at radius 3 is 2.33 bits per heavy atom. The number of nitro groups is 1. The molecule has 3 aromatic rings. The molecule has 9 nitrogen and oxygen atoms in total. The van der Waals surface area contributed by atoms with Crippen LogP contribution in [0, 0.1) is 10.1 Å². The zero-order valence-corrected chi connectivity index (χ0v) is 18.1. The Morgan fingerprint density at radius 2 is 1.70 bits per heavy atom. The van der Waals surface area contributed by atoms with Crippen molar-refractivity contribution in [1.82, 2.24) is 15.4 Å². The number of nitrogens with one attached hydrogen (secondary N) is 3. The van der Waals surface area contributed by atoms with Crippen molar-refractivity contribution in [3.05, 3.63) is 79.0 Å². The summed E-state index contributed by atoms with van der Waals surface area (Å²) in [4.78, 5) is 30.5. The van der Waals surface area contributed by atoms with E-state index in [2.05, 4.69) is 26.1 Å². The van der Waals surface area contributed by atoms with Crippen LogP contribution in [0.4, 0.5) is 36.2 Å². The van der Waals surface area contributed by atoms with E-state index in [1.165, 1.54) is 24.3 Å². The summed E-state index contributed by atoms with van der Waals surface area (Å²) in [6.45, 7) is 0. The largest absolute Gasteiger partial charge is 0.417 e. The van der Waals surface area contributed by atoms with Crippen LogP contribution in [0.5, 0.6) is 0 Å². The highest BCUT2D eigenvalue weighted by Gasteiger charge is 2.33. The second-order valence-corrected chi connectivity index (χ2v) is 7.45. The highest BCUT2D eigenvalue weighted by molar-refractivity contribution is 6.36. The SMILES string of the molecule is O=C(NNc1ncnc(Nc2ccc(Cl)c(C(F)(F)F)c2)c1[N+](=O)[O-])c1ccc(Cl)cc1Cl. The van der Waals surface area contributed by atoms with Crippen molar-refractivity contribution < 1.29 is 22.9 Å². The summed E-state index contributed by atoms with van der Waals surface area (Å²) in [5.41, 5.74) is 2.43. The minimum Gasteiger partial charge on any atom is -0.334 e. The van der Waals surface area contributed by atoms with E-state index in [1.807, 2.05) is 0 Å². The van der Waals surface area contributed by atoms with Gasteiger partial charge in [-0.05, 0) is 36.4 Å². The molecule has 3 rings (SSSR count). The molecule has 0 spiro atoms. The number of rotatable bonds is 6. The van der Waals surface area contributed by atoms with Gasteiger partial charge in [0.1, 0.15) is 6.33 Å². The summed E-state index contributed by atoms with van der Waals surface area (Å²) in [5, 5.41) is 13.8. The molecular formula is C18H10Cl3F3N6O3. The van der Waals surface area contributed by atoms with Crippen molar-refractivity contribution in [2.75, 3.05) is 10.7 Å². The smallest absolute Gasteiger partial charge is 0.334 e. The van der Waals surface area contributed by atoms with E-state index in [9.17, 15) is 28.1 Å². The molecule has 1 heterocycles. The molecule has 0 aliphatic carbocycles. The lowest BCUT2D eigenvalue weighted by Gasteiger charge is -2.13. The molecule has 33 heavy (non-hydrogen) atoms. The van der Waals surface area contributed by atoms with Crippen molar-refractivity contribution in [1.29, 1.82) is 0 Å². The predicted octanol–water partition coefficient (Wildman–Crippen LogP) is 5.86. The number of benzene rings is 2. The molecule has 1 amide bonds. The number of carbonyl (C=O) groups excluding carboxylic acids is 1. The average Bonchev–Trinajstić information content (AvgIpc) is 2.72. The van der Waals surface area contributed by atoms with E-state index in [4.69, 9.17) is 34.8 Å². The molecule has 15 heteroatoms. The zero-order valence-electron chi connectivity index (χ0n) is 15.9. The Balaban J connectivity index is 1.87.